The summed E-state index contributed by atoms with van der Waals surface area (Å²) in [6.07, 6.45) is 6.84. The zero-order valence-electron chi connectivity index (χ0n) is 9.89. The number of hydrogen-bond donors (Lipinski definition) is 1. The van der Waals surface area contributed by atoms with Gasteiger partial charge < -0.3 is 10.2 Å². The predicted molar refractivity (Wildman–Crippen MR) is 62.6 cm³/mol. The average Bonchev–Trinajstić information content (AvgIpc) is 2.58. The van der Waals surface area contributed by atoms with E-state index in [-0.39, 0.29) is 0 Å². The minimum Gasteiger partial charge on any atom is -0.317 e. The average molecular weight is 198 g/mol. The van der Waals surface area contributed by atoms with Crippen molar-refractivity contribution in [2.75, 3.05) is 33.2 Å². The van der Waals surface area contributed by atoms with Gasteiger partial charge in [-0.15, -0.1) is 0 Å². The molecule has 1 saturated heterocycles. The summed E-state index contributed by atoms with van der Waals surface area (Å²) < 4.78 is 0. The summed E-state index contributed by atoms with van der Waals surface area (Å²) in [5, 5.41) is 3.51. The van der Waals surface area contributed by atoms with E-state index >= 15 is 0 Å². The first kappa shape index (κ1) is 12.0. The second-order valence-corrected chi connectivity index (χ2v) is 4.66. The maximum atomic E-state index is 3.51. The Hall–Kier alpha value is -0.0800. The van der Waals surface area contributed by atoms with Gasteiger partial charge in [-0.3, -0.25) is 0 Å². The van der Waals surface area contributed by atoms with Crippen molar-refractivity contribution in [2.45, 2.75) is 39.0 Å². The van der Waals surface area contributed by atoms with E-state index in [2.05, 4.69) is 24.2 Å². The van der Waals surface area contributed by atoms with Crippen molar-refractivity contribution in [3.63, 3.8) is 0 Å². The highest BCUT2D eigenvalue weighted by molar-refractivity contribution is 4.72. The van der Waals surface area contributed by atoms with E-state index < -0.39 is 0 Å². The van der Waals surface area contributed by atoms with E-state index in [4.69, 9.17) is 0 Å². The fourth-order valence-corrected chi connectivity index (χ4v) is 2.20. The topological polar surface area (TPSA) is 15.3 Å². The largest absolute Gasteiger partial charge is 0.317 e. The quantitative estimate of drug-likeness (QED) is 0.630. The van der Waals surface area contributed by atoms with Crippen LogP contribution in [0.3, 0.4) is 0 Å². The summed E-state index contributed by atoms with van der Waals surface area (Å²) in [5.41, 5.74) is 0. The van der Waals surface area contributed by atoms with Crippen LogP contribution >= 0.6 is 0 Å². The molecule has 1 aliphatic rings. The fraction of sp³-hybridized carbons (Fsp3) is 1.00. The Labute approximate surface area is 89.1 Å². The molecule has 14 heavy (non-hydrogen) atoms. The molecule has 1 aliphatic heterocycles. The van der Waals surface area contributed by atoms with Crippen molar-refractivity contribution in [1.82, 2.24) is 10.2 Å². The monoisotopic (exact) mass is 198 g/mol. The van der Waals surface area contributed by atoms with Crippen LogP contribution in [0.1, 0.15) is 39.0 Å². The molecule has 0 spiro atoms. The van der Waals surface area contributed by atoms with Crippen molar-refractivity contribution >= 4 is 0 Å². The molecule has 1 heterocycles. The van der Waals surface area contributed by atoms with Gasteiger partial charge in [-0.05, 0) is 58.3 Å². The standard InChI is InChI=1S/C12H26N2/c1-3-4-8-13-9-5-6-12-7-10-14(2)11-12/h12-13H,3-11H2,1-2H3. The van der Waals surface area contributed by atoms with Crippen LogP contribution in [0.4, 0.5) is 0 Å². The van der Waals surface area contributed by atoms with Crippen LogP contribution in [-0.4, -0.2) is 38.1 Å². The molecule has 0 saturated carbocycles. The molecule has 0 aromatic rings. The van der Waals surface area contributed by atoms with E-state index in [1.54, 1.807) is 0 Å². The van der Waals surface area contributed by atoms with Gasteiger partial charge in [0.15, 0.2) is 0 Å². The van der Waals surface area contributed by atoms with Crippen LogP contribution in [0.2, 0.25) is 0 Å². The normalized spacial score (nSPS) is 23.1. The van der Waals surface area contributed by atoms with Crippen LogP contribution in [-0.2, 0) is 0 Å². The first-order valence-corrected chi connectivity index (χ1v) is 6.22. The first-order valence-electron chi connectivity index (χ1n) is 6.22. The zero-order chi connectivity index (χ0) is 10.2. The lowest BCUT2D eigenvalue weighted by Crippen LogP contribution is -2.18. The maximum Gasteiger partial charge on any atom is 0.000709 e. The second-order valence-electron chi connectivity index (χ2n) is 4.66. The number of rotatable bonds is 7. The van der Waals surface area contributed by atoms with Crippen molar-refractivity contribution in [1.29, 1.82) is 0 Å². The van der Waals surface area contributed by atoms with Crippen LogP contribution in [0.15, 0.2) is 0 Å². The van der Waals surface area contributed by atoms with Gasteiger partial charge in [-0.25, -0.2) is 0 Å². The van der Waals surface area contributed by atoms with E-state index in [1.165, 1.54) is 58.3 Å². The predicted octanol–water partition coefficient (Wildman–Crippen LogP) is 2.11. The molecule has 0 radical (unpaired) electrons. The number of nitrogens with zero attached hydrogens (tertiary/aromatic N) is 1. The molecule has 84 valence electrons. The molecule has 0 aromatic carbocycles. The lowest BCUT2D eigenvalue weighted by atomic mass is 10.0. The lowest BCUT2D eigenvalue weighted by molar-refractivity contribution is 0.383. The third kappa shape index (κ3) is 4.97. The van der Waals surface area contributed by atoms with E-state index in [0.717, 1.165) is 5.92 Å². The summed E-state index contributed by atoms with van der Waals surface area (Å²) in [6.45, 7) is 7.32. The van der Waals surface area contributed by atoms with Gasteiger partial charge in [-0.1, -0.05) is 13.3 Å². The Kier molecular flexibility index (Phi) is 6.20. The van der Waals surface area contributed by atoms with Crippen LogP contribution < -0.4 is 5.32 Å². The number of hydrogen-bond acceptors (Lipinski definition) is 2. The molecule has 1 unspecified atom stereocenters. The minimum absolute atomic E-state index is 0.980. The van der Waals surface area contributed by atoms with Crippen LogP contribution in [0, 0.1) is 5.92 Å². The molecular weight excluding hydrogens is 172 g/mol. The van der Waals surface area contributed by atoms with Gasteiger partial charge in [0.05, 0.1) is 0 Å². The van der Waals surface area contributed by atoms with Gasteiger partial charge in [0, 0.05) is 6.54 Å². The van der Waals surface area contributed by atoms with Gasteiger partial charge in [-0.2, -0.15) is 0 Å². The lowest BCUT2D eigenvalue weighted by Gasteiger charge is -2.10. The van der Waals surface area contributed by atoms with E-state index in [0.29, 0.717) is 0 Å². The molecule has 0 amide bonds. The van der Waals surface area contributed by atoms with E-state index in [1.807, 2.05) is 0 Å². The SMILES string of the molecule is CCCCNCCCC1CCN(C)C1. The number of likely N-dealkylation sites (tertiary alicyclic amines) is 1. The number of unbranched alkanes of at least 4 members (excludes halogenated alkanes) is 1. The number of nitrogens with one attached hydrogen (secondary N) is 1. The highest BCUT2D eigenvalue weighted by Gasteiger charge is 2.18. The summed E-state index contributed by atoms with van der Waals surface area (Å²) in [4.78, 5) is 2.45. The van der Waals surface area contributed by atoms with Crippen molar-refractivity contribution in [3.8, 4) is 0 Å². The minimum atomic E-state index is 0.980. The van der Waals surface area contributed by atoms with Crippen molar-refractivity contribution < 1.29 is 0 Å². The van der Waals surface area contributed by atoms with Gasteiger partial charge >= 0.3 is 0 Å². The Balaban J connectivity index is 1.84. The van der Waals surface area contributed by atoms with E-state index in [9.17, 15) is 0 Å². The molecule has 1 atom stereocenters. The molecule has 0 bridgehead atoms. The summed E-state index contributed by atoms with van der Waals surface area (Å²) in [5.74, 6) is 0.980. The highest BCUT2D eigenvalue weighted by Crippen LogP contribution is 2.18. The summed E-state index contributed by atoms with van der Waals surface area (Å²) in [7, 11) is 2.24. The molecule has 1 fully saturated rings. The first-order chi connectivity index (χ1) is 6.83. The Morgan fingerprint density at radius 2 is 2.07 bits per heavy atom. The third-order valence-electron chi connectivity index (χ3n) is 3.16. The molecule has 1 rings (SSSR count). The van der Waals surface area contributed by atoms with Gasteiger partial charge in [0.1, 0.15) is 0 Å². The molecule has 0 aromatic heterocycles. The Bertz CT molecular complexity index is 136. The van der Waals surface area contributed by atoms with Crippen molar-refractivity contribution in [3.05, 3.63) is 0 Å². The highest BCUT2D eigenvalue weighted by atomic mass is 15.1. The molecule has 1 N–H and O–H groups in total. The summed E-state index contributed by atoms with van der Waals surface area (Å²) >= 11 is 0. The van der Waals surface area contributed by atoms with Crippen LogP contribution in [0.25, 0.3) is 0 Å². The maximum absolute atomic E-state index is 3.51. The molecular formula is C12H26N2. The Morgan fingerprint density at radius 1 is 1.29 bits per heavy atom. The molecule has 2 heteroatoms. The third-order valence-corrected chi connectivity index (χ3v) is 3.16. The van der Waals surface area contributed by atoms with Crippen LogP contribution in [0.5, 0.6) is 0 Å². The summed E-state index contributed by atoms with van der Waals surface area (Å²) in [6, 6.07) is 0. The molecule has 0 aliphatic carbocycles. The zero-order valence-corrected chi connectivity index (χ0v) is 9.89. The van der Waals surface area contributed by atoms with Gasteiger partial charge in [0.2, 0.25) is 0 Å². The molecule has 2 nitrogen and oxygen atoms in total. The fourth-order valence-electron chi connectivity index (χ4n) is 2.20. The van der Waals surface area contributed by atoms with Gasteiger partial charge in [0.25, 0.3) is 0 Å². The Morgan fingerprint density at radius 3 is 2.71 bits per heavy atom. The van der Waals surface area contributed by atoms with Crippen molar-refractivity contribution in [2.24, 2.45) is 5.92 Å². The second kappa shape index (κ2) is 7.24. The smallest absolute Gasteiger partial charge is 0.000709 e.